The van der Waals surface area contributed by atoms with Crippen LogP contribution in [0.25, 0.3) is 0 Å². The van der Waals surface area contributed by atoms with Crippen molar-refractivity contribution >= 4 is 46.2 Å². The summed E-state index contributed by atoms with van der Waals surface area (Å²) in [5, 5.41) is 26.6. The Kier molecular flexibility index (Phi) is 6.45. The van der Waals surface area contributed by atoms with E-state index in [0.717, 1.165) is 5.01 Å². The van der Waals surface area contributed by atoms with Gasteiger partial charge in [-0.05, 0) is 31.3 Å². The average molecular weight is 425 g/mol. The summed E-state index contributed by atoms with van der Waals surface area (Å²) in [5.41, 5.74) is 6.66. The zero-order valence-electron chi connectivity index (χ0n) is 15.8. The highest BCUT2D eigenvalue weighted by Crippen LogP contribution is 2.08. The maximum atomic E-state index is 12.8. The fraction of sp³-hybridized carbons (Fsp3) is 0.158. The number of hydrazone groups is 1. The number of hydrazine groups is 1. The number of Topliss-reactive ketones (excluding diaryl/α,β-unsaturated/α-hetero) is 1. The Morgan fingerprint density at radius 2 is 1.90 bits per heavy atom. The highest BCUT2D eigenvalue weighted by molar-refractivity contribution is 7.80. The minimum absolute atomic E-state index is 0.00764. The van der Waals surface area contributed by atoms with Gasteiger partial charge in [0, 0.05) is 17.7 Å². The van der Waals surface area contributed by atoms with E-state index in [-0.39, 0.29) is 23.2 Å². The predicted octanol–water partition coefficient (Wildman–Crippen LogP) is 0.851. The van der Waals surface area contributed by atoms with Crippen LogP contribution in [-0.4, -0.2) is 56.4 Å². The van der Waals surface area contributed by atoms with Crippen LogP contribution in [0.4, 0.5) is 0 Å². The van der Waals surface area contributed by atoms with Crippen molar-refractivity contribution < 1.29 is 14.5 Å². The highest BCUT2D eigenvalue weighted by atomic mass is 32.1. The smallest absolute Gasteiger partial charge is 0.273 e. The van der Waals surface area contributed by atoms with E-state index in [1.54, 1.807) is 37.3 Å². The number of benzene rings is 1. The Balaban J connectivity index is 1.67. The first-order valence-corrected chi connectivity index (χ1v) is 9.23. The van der Waals surface area contributed by atoms with Crippen LogP contribution in [-0.2, 0) is 4.79 Å². The number of rotatable bonds is 6. The summed E-state index contributed by atoms with van der Waals surface area (Å²) in [4.78, 5) is 28.8. The lowest BCUT2D eigenvalue weighted by molar-refractivity contribution is -0.377. The standard InChI is InChI=1S/C19H17N6O4S/c1-12-17(23-22-14-7-9-15(10-8-14)25(28)29)18(27)24(19(30)21-12)20-11-16(26)13-5-3-2-4-6-13/h2-10,17,20,23H,11H2,1H3/q-1/t17-/m1/s1. The van der Waals surface area contributed by atoms with Crippen LogP contribution in [0.1, 0.15) is 17.3 Å². The second kappa shape index (κ2) is 9.20. The van der Waals surface area contributed by atoms with Gasteiger partial charge in [-0.3, -0.25) is 15.0 Å². The van der Waals surface area contributed by atoms with Gasteiger partial charge in [-0.1, -0.05) is 30.3 Å². The Labute approximate surface area is 177 Å². The van der Waals surface area contributed by atoms with Crippen molar-refractivity contribution in [2.75, 3.05) is 6.54 Å². The van der Waals surface area contributed by atoms with E-state index in [9.17, 15) is 20.0 Å². The molecule has 0 saturated heterocycles. The average Bonchev–Trinajstić information content (AvgIpc) is 2.74. The summed E-state index contributed by atoms with van der Waals surface area (Å²) >= 11 is 5.14. The summed E-state index contributed by atoms with van der Waals surface area (Å²) in [6.07, 6.45) is 5.51. The zero-order chi connectivity index (χ0) is 21.7. The summed E-state index contributed by atoms with van der Waals surface area (Å²) in [5.74, 6) is -0.684. The second-order valence-electron chi connectivity index (χ2n) is 6.28. The monoisotopic (exact) mass is 425 g/mol. The van der Waals surface area contributed by atoms with Crippen LogP contribution in [0, 0.1) is 10.4 Å². The first-order valence-electron chi connectivity index (χ1n) is 8.82. The summed E-state index contributed by atoms with van der Waals surface area (Å²) in [6.45, 7) is 1.48. The largest absolute Gasteiger partial charge is 0.612 e. The fourth-order valence-electron chi connectivity index (χ4n) is 2.63. The Hall–Kier alpha value is -3.70. The molecular formula is C19H17N6O4S-. The van der Waals surface area contributed by atoms with Crippen LogP contribution < -0.4 is 10.9 Å². The van der Waals surface area contributed by atoms with E-state index < -0.39 is 16.9 Å². The first-order chi connectivity index (χ1) is 14.4. The van der Waals surface area contributed by atoms with Gasteiger partial charge in [0.2, 0.25) is 10.8 Å². The number of carbonyl (C=O) groups is 2. The molecule has 154 valence electrons. The number of amides is 1. The minimum atomic E-state index is -0.911. The lowest BCUT2D eigenvalue weighted by Gasteiger charge is -2.30. The summed E-state index contributed by atoms with van der Waals surface area (Å²) in [6, 6.07) is 7.74. The van der Waals surface area contributed by atoms with Crippen molar-refractivity contribution in [3.8, 4) is 0 Å². The van der Waals surface area contributed by atoms with Crippen LogP contribution in [0.15, 0.2) is 64.7 Å². The quantitative estimate of drug-likeness (QED) is 0.227. The minimum Gasteiger partial charge on any atom is -0.612 e. The van der Waals surface area contributed by atoms with Gasteiger partial charge in [-0.2, -0.15) is 10.0 Å². The Morgan fingerprint density at radius 3 is 2.53 bits per heavy atom. The molecule has 2 N–H and O–H groups in total. The third kappa shape index (κ3) is 4.82. The van der Waals surface area contributed by atoms with Crippen LogP contribution >= 0.6 is 12.2 Å². The SMILES string of the molecule is CC1=NC(=S)N(NCC(=O)c2ccccc2)C(=O)[C@@H]1NN=C1C=CC(=[N+]([O-])[O-])C=C1. The van der Waals surface area contributed by atoms with Crippen LogP contribution in [0.3, 0.4) is 0 Å². The molecule has 1 aromatic rings. The van der Waals surface area contributed by atoms with Gasteiger partial charge in [-0.15, -0.1) is 0 Å². The summed E-state index contributed by atoms with van der Waals surface area (Å²) < 4.78 is 0. The van der Waals surface area contributed by atoms with Gasteiger partial charge in [-0.25, -0.2) is 15.4 Å². The molecule has 1 aliphatic carbocycles. The predicted molar refractivity (Wildman–Crippen MR) is 116 cm³/mol. The molecule has 2 aliphatic rings. The van der Waals surface area contributed by atoms with Gasteiger partial charge < -0.3 is 10.4 Å². The molecule has 1 atom stereocenters. The molecule has 0 unspecified atom stereocenters. The third-order valence-electron chi connectivity index (χ3n) is 4.23. The first kappa shape index (κ1) is 21.0. The third-order valence-corrected chi connectivity index (χ3v) is 4.50. The molecule has 0 radical (unpaired) electrons. The topological polar surface area (TPSA) is 135 Å². The van der Waals surface area contributed by atoms with Crippen LogP contribution in [0.5, 0.6) is 0 Å². The van der Waals surface area contributed by atoms with Gasteiger partial charge in [0.15, 0.2) is 11.8 Å². The van der Waals surface area contributed by atoms with E-state index >= 15 is 0 Å². The van der Waals surface area contributed by atoms with E-state index in [2.05, 4.69) is 20.9 Å². The molecule has 3 rings (SSSR count). The van der Waals surface area contributed by atoms with E-state index in [1.165, 1.54) is 24.3 Å². The van der Waals surface area contributed by atoms with E-state index in [4.69, 9.17) is 12.2 Å². The van der Waals surface area contributed by atoms with Crippen molar-refractivity contribution in [1.29, 1.82) is 0 Å². The van der Waals surface area contributed by atoms with Gasteiger partial charge >= 0.3 is 0 Å². The molecule has 11 heteroatoms. The molecule has 1 heterocycles. The fourth-order valence-corrected chi connectivity index (χ4v) is 2.93. The lowest BCUT2D eigenvalue weighted by Crippen LogP contribution is -2.59. The van der Waals surface area contributed by atoms with Crippen molar-refractivity contribution in [2.24, 2.45) is 10.1 Å². The number of hydrogen-bond donors (Lipinski definition) is 2. The molecule has 0 saturated carbocycles. The number of thiocarbonyl (C=S) groups is 1. The number of nitrogens with zero attached hydrogens (tertiary/aromatic N) is 4. The number of nitrogens with one attached hydrogen (secondary N) is 2. The normalized spacial score (nSPS) is 18.4. The van der Waals surface area contributed by atoms with Crippen molar-refractivity contribution in [3.63, 3.8) is 0 Å². The van der Waals surface area contributed by atoms with Crippen molar-refractivity contribution in [1.82, 2.24) is 15.9 Å². The molecule has 0 aromatic heterocycles. The van der Waals surface area contributed by atoms with Crippen molar-refractivity contribution in [3.05, 3.63) is 70.6 Å². The van der Waals surface area contributed by atoms with Gasteiger partial charge in [0.1, 0.15) is 0 Å². The van der Waals surface area contributed by atoms with Gasteiger partial charge in [0.25, 0.3) is 5.91 Å². The molecule has 1 aliphatic heterocycles. The van der Waals surface area contributed by atoms with Gasteiger partial charge in [0.05, 0.1) is 18.0 Å². The molecule has 1 amide bonds. The molecule has 0 fully saturated rings. The molecule has 1 aromatic carbocycles. The van der Waals surface area contributed by atoms with E-state index in [0.29, 0.717) is 17.0 Å². The molecule has 0 bridgehead atoms. The Morgan fingerprint density at radius 1 is 1.23 bits per heavy atom. The molecule has 30 heavy (non-hydrogen) atoms. The number of hydrogen-bond acceptors (Lipinski definition) is 8. The molecule has 0 spiro atoms. The second-order valence-corrected chi connectivity index (χ2v) is 6.65. The number of carbonyl (C=O) groups excluding carboxylic acids is 2. The van der Waals surface area contributed by atoms with Crippen LogP contribution in [0.2, 0.25) is 0 Å². The number of ketones is 1. The Bertz CT molecular complexity index is 1010. The highest BCUT2D eigenvalue weighted by Gasteiger charge is 2.34. The maximum Gasteiger partial charge on any atom is 0.273 e. The number of allylic oxidation sites excluding steroid dienone is 4. The molecule has 10 nitrogen and oxygen atoms in total. The summed E-state index contributed by atoms with van der Waals surface area (Å²) in [7, 11) is 0. The number of aliphatic imine (C=N–C) groups is 1. The van der Waals surface area contributed by atoms with Crippen molar-refractivity contribution in [2.45, 2.75) is 13.0 Å². The van der Waals surface area contributed by atoms with E-state index in [1.807, 2.05) is 0 Å². The maximum absolute atomic E-state index is 12.8. The molecular weight excluding hydrogens is 408 g/mol. The lowest BCUT2D eigenvalue weighted by atomic mass is 10.1. The zero-order valence-corrected chi connectivity index (χ0v) is 16.6.